The first-order valence-electron chi connectivity index (χ1n) is 4.03. The molecule has 1 aromatic heterocycles. The van der Waals surface area contributed by atoms with Gasteiger partial charge < -0.3 is 10.0 Å². The highest BCUT2D eigenvalue weighted by atomic mass is 19.3. The predicted molar refractivity (Wildman–Crippen MR) is 47.9 cm³/mol. The fraction of sp³-hybridized carbons (Fsp3) is 0.375. The van der Waals surface area contributed by atoms with E-state index in [1.807, 2.05) is 0 Å². The summed E-state index contributed by atoms with van der Waals surface area (Å²) in [4.78, 5) is 18.7. The standard InChI is InChI=1S/C8H9F2N3O2/c1-13(3-7(14)15)6-2-5(8(9)10)11-4-12-6/h2,4,8H,3H2,1H3,(H,14,15). The summed E-state index contributed by atoms with van der Waals surface area (Å²) in [6.45, 7) is -0.306. The van der Waals surface area contributed by atoms with Crippen LogP contribution in [0.5, 0.6) is 0 Å². The van der Waals surface area contributed by atoms with Gasteiger partial charge in [0, 0.05) is 13.1 Å². The highest BCUT2D eigenvalue weighted by molar-refractivity contribution is 5.72. The fourth-order valence-corrected chi connectivity index (χ4v) is 0.973. The molecule has 0 saturated heterocycles. The van der Waals surface area contributed by atoms with Crippen LogP contribution in [0, 0.1) is 0 Å². The zero-order valence-electron chi connectivity index (χ0n) is 7.89. The summed E-state index contributed by atoms with van der Waals surface area (Å²) in [5.74, 6) is -0.905. The quantitative estimate of drug-likeness (QED) is 0.812. The maximum absolute atomic E-state index is 12.2. The Morgan fingerprint density at radius 2 is 2.27 bits per heavy atom. The van der Waals surface area contributed by atoms with Gasteiger partial charge in [-0.15, -0.1) is 0 Å². The van der Waals surface area contributed by atoms with Gasteiger partial charge in [0.05, 0.1) is 0 Å². The second-order valence-corrected chi connectivity index (χ2v) is 2.85. The second kappa shape index (κ2) is 4.63. The average molecular weight is 217 g/mol. The zero-order chi connectivity index (χ0) is 11.4. The summed E-state index contributed by atoms with van der Waals surface area (Å²) < 4.78 is 24.5. The first-order chi connectivity index (χ1) is 7.00. The van der Waals surface area contributed by atoms with Gasteiger partial charge in [0.25, 0.3) is 6.43 Å². The molecule has 1 heterocycles. The van der Waals surface area contributed by atoms with Gasteiger partial charge in [0.1, 0.15) is 24.4 Å². The molecule has 0 aromatic carbocycles. The molecule has 1 rings (SSSR count). The van der Waals surface area contributed by atoms with Crippen molar-refractivity contribution >= 4 is 11.8 Å². The van der Waals surface area contributed by atoms with E-state index in [0.717, 1.165) is 12.4 Å². The number of halogens is 2. The van der Waals surface area contributed by atoms with E-state index in [1.165, 1.54) is 11.9 Å². The summed E-state index contributed by atoms with van der Waals surface area (Å²) >= 11 is 0. The molecule has 0 aliphatic rings. The number of carboxylic acid groups (broad SMARTS) is 1. The minimum absolute atomic E-state index is 0.155. The van der Waals surface area contributed by atoms with Crippen LogP contribution >= 0.6 is 0 Å². The van der Waals surface area contributed by atoms with Crippen molar-refractivity contribution in [2.45, 2.75) is 6.43 Å². The molecule has 0 radical (unpaired) electrons. The second-order valence-electron chi connectivity index (χ2n) is 2.85. The Morgan fingerprint density at radius 3 is 2.80 bits per heavy atom. The number of carboxylic acids is 1. The number of hydrogen-bond acceptors (Lipinski definition) is 4. The van der Waals surface area contributed by atoms with Crippen LogP contribution in [0.25, 0.3) is 0 Å². The number of nitrogens with zero attached hydrogens (tertiary/aromatic N) is 3. The maximum atomic E-state index is 12.2. The van der Waals surface area contributed by atoms with Crippen molar-refractivity contribution in [2.75, 3.05) is 18.5 Å². The molecule has 0 fully saturated rings. The number of rotatable bonds is 4. The largest absolute Gasteiger partial charge is 0.480 e. The van der Waals surface area contributed by atoms with Crippen molar-refractivity contribution in [1.29, 1.82) is 0 Å². The van der Waals surface area contributed by atoms with Crippen molar-refractivity contribution < 1.29 is 18.7 Å². The van der Waals surface area contributed by atoms with Crippen LogP contribution in [0.4, 0.5) is 14.6 Å². The number of likely N-dealkylation sites (N-methyl/N-ethyl adjacent to an activating group) is 1. The third kappa shape index (κ3) is 3.12. The van der Waals surface area contributed by atoms with Crippen LogP contribution in [0.2, 0.25) is 0 Å². The Kier molecular flexibility index (Phi) is 3.48. The van der Waals surface area contributed by atoms with Crippen molar-refractivity contribution in [1.82, 2.24) is 9.97 Å². The molecule has 15 heavy (non-hydrogen) atoms. The van der Waals surface area contributed by atoms with E-state index in [2.05, 4.69) is 9.97 Å². The van der Waals surface area contributed by atoms with Crippen molar-refractivity contribution in [2.24, 2.45) is 0 Å². The molecule has 0 aliphatic carbocycles. The Labute approximate surface area is 84.4 Å². The molecule has 7 heteroatoms. The topological polar surface area (TPSA) is 66.3 Å². The number of aromatic nitrogens is 2. The highest BCUT2D eigenvalue weighted by Gasteiger charge is 2.12. The zero-order valence-corrected chi connectivity index (χ0v) is 7.89. The average Bonchev–Trinajstić information content (AvgIpc) is 2.17. The summed E-state index contributed by atoms with van der Waals surface area (Å²) in [6.07, 6.45) is -1.71. The number of aliphatic carboxylic acids is 1. The van der Waals surface area contributed by atoms with E-state index < -0.39 is 18.1 Å². The van der Waals surface area contributed by atoms with Crippen LogP contribution < -0.4 is 4.90 Å². The number of anilines is 1. The van der Waals surface area contributed by atoms with Crippen LogP contribution in [0.15, 0.2) is 12.4 Å². The fourth-order valence-electron chi connectivity index (χ4n) is 0.973. The number of carbonyl (C=O) groups is 1. The van der Waals surface area contributed by atoms with Gasteiger partial charge >= 0.3 is 5.97 Å². The lowest BCUT2D eigenvalue weighted by atomic mass is 10.4. The number of alkyl halides is 2. The van der Waals surface area contributed by atoms with E-state index in [1.54, 1.807) is 0 Å². The van der Waals surface area contributed by atoms with Crippen molar-refractivity contribution in [3.05, 3.63) is 18.1 Å². The van der Waals surface area contributed by atoms with Crippen LogP contribution in [-0.2, 0) is 4.79 Å². The lowest BCUT2D eigenvalue weighted by molar-refractivity contribution is -0.135. The minimum Gasteiger partial charge on any atom is -0.480 e. The molecular formula is C8H9F2N3O2. The first kappa shape index (κ1) is 11.3. The predicted octanol–water partition coefficient (Wildman–Crippen LogP) is 0.935. The lowest BCUT2D eigenvalue weighted by Gasteiger charge is -2.15. The molecule has 0 spiro atoms. The molecule has 0 amide bonds. The third-order valence-corrected chi connectivity index (χ3v) is 1.66. The Balaban J connectivity index is 2.85. The monoisotopic (exact) mass is 217 g/mol. The van der Waals surface area contributed by atoms with Crippen LogP contribution in [-0.4, -0.2) is 34.6 Å². The molecule has 1 N–H and O–H groups in total. The van der Waals surface area contributed by atoms with E-state index >= 15 is 0 Å². The van der Waals surface area contributed by atoms with Gasteiger partial charge in [-0.05, 0) is 0 Å². The van der Waals surface area contributed by atoms with Gasteiger partial charge in [0.2, 0.25) is 0 Å². The van der Waals surface area contributed by atoms with Crippen molar-refractivity contribution in [3.8, 4) is 0 Å². The molecule has 82 valence electrons. The van der Waals surface area contributed by atoms with Gasteiger partial charge in [0.15, 0.2) is 0 Å². The molecular weight excluding hydrogens is 208 g/mol. The normalized spacial score (nSPS) is 10.4. The maximum Gasteiger partial charge on any atom is 0.323 e. The van der Waals surface area contributed by atoms with E-state index in [0.29, 0.717) is 0 Å². The van der Waals surface area contributed by atoms with Gasteiger partial charge in [-0.1, -0.05) is 0 Å². The van der Waals surface area contributed by atoms with E-state index in [4.69, 9.17) is 5.11 Å². The van der Waals surface area contributed by atoms with E-state index in [9.17, 15) is 13.6 Å². The Hall–Kier alpha value is -1.79. The van der Waals surface area contributed by atoms with Gasteiger partial charge in [-0.25, -0.2) is 18.7 Å². The lowest BCUT2D eigenvalue weighted by Crippen LogP contribution is -2.26. The summed E-state index contributed by atoms with van der Waals surface area (Å²) in [6, 6.07) is 1.06. The smallest absolute Gasteiger partial charge is 0.323 e. The SMILES string of the molecule is CN(CC(=O)O)c1cc(C(F)F)ncn1. The van der Waals surface area contributed by atoms with Crippen LogP contribution in [0.1, 0.15) is 12.1 Å². The molecule has 0 aliphatic heterocycles. The van der Waals surface area contributed by atoms with Crippen molar-refractivity contribution in [3.63, 3.8) is 0 Å². The first-order valence-corrected chi connectivity index (χ1v) is 4.03. The molecule has 5 nitrogen and oxygen atoms in total. The molecule has 0 bridgehead atoms. The molecule has 0 saturated carbocycles. The number of hydrogen-bond donors (Lipinski definition) is 1. The van der Waals surface area contributed by atoms with Gasteiger partial charge in [-0.3, -0.25) is 4.79 Å². The van der Waals surface area contributed by atoms with Crippen LogP contribution in [0.3, 0.4) is 0 Å². The molecule has 0 atom stereocenters. The summed E-state index contributed by atoms with van der Waals surface area (Å²) in [5.41, 5.74) is -0.419. The summed E-state index contributed by atoms with van der Waals surface area (Å²) in [7, 11) is 1.45. The third-order valence-electron chi connectivity index (χ3n) is 1.66. The molecule has 1 aromatic rings. The molecule has 0 unspecified atom stereocenters. The summed E-state index contributed by atoms with van der Waals surface area (Å²) in [5, 5.41) is 8.49. The Bertz CT molecular complexity index is 359. The van der Waals surface area contributed by atoms with Gasteiger partial charge in [-0.2, -0.15) is 0 Å². The van der Waals surface area contributed by atoms with E-state index in [-0.39, 0.29) is 12.4 Å². The minimum atomic E-state index is -2.69. The highest BCUT2D eigenvalue weighted by Crippen LogP contribution is 2.18. The Morgan fingerprint density at radius 1 is 1.60 bits per heavy atom.